The molecule has 0 saturated carbocycles. The molecule has 0 spiro atoms. The van der Waals surface area contributed by atoms with Gasteiger partial charge in [-0.2, -0.15) is 5.10 Å². The number of hydrogen-bond acceptors (Lipinski definition) is 4. The van der Waals surface area contributed by atoms with Crippen molar-refractivity contribution < 1.29 is 14.6 Å². The number of amides is 1. The van der Waals surface area contributed by atoms with Crippen LogP contribution < -0.4 is 10.2 Å². The molecular weight excluding hydrogens is 316 g/mol. The molecule has 0 heterocycles. The van der Waals surface area contributed by atoms with Crippen LogP contribution in [0.4, 0.5) is 0 Å². The van der Waals surface area contributed by atoms with Gasteiger partial charge in [-0.3, -0.25) is 4.79 Å². The second-order valence-corrected chi connectivity index (χ2v) is 5.53. The van der Waals surface area contributed by atoms with E-state index in [1.807, 2.05) is 13.8 Å². The highest BCUT2D eigenvalue weighted by Crippen LogP contribution is 2.23. The van der Waals surface area contributed by atoms with Gasteiger partial charge in [0.2, 0.25) is 0 Å². The van der Waals surface area contributed by atoms with Crippen LogP contribution in [-0.2, 0) is 0 Å². The lowest BCUT2D eigenvalue weighted by Gasteiger charge is -2.10. The molecule has 0 fully saturated rings. The van der Waals surface area contributed by atoms with Gasteiger partial charge in [-0.25, -0.2) is 5.43 Å². The molecule has 2 N–H and O–H groups in total. The van der Waals surface area contributed by atoms with Crippen molar-refractivity contribution in [1.29, 1.82) is 0 Å². The lowest BCUT2D eigenvalue weighted by atomic mass is 10.2. The Morgan fingerprint density at radius 3 is 2.57 bits per heavy atom. The molecule has 1 amide bonds. The maximum Gasteiger partial charge on any atom is 0.271 e. The fourth-order valence-corrected chi connectivity index (χ4v) is 1.93. The van der Waals surface area contributed by atoms with Crippen LogP contribution >= 0.6 is 11.6 Å². The first kappa shape index (κ1) is 16.8. The van der Waals surface area contributed by atoms with Gasteiger partial charge in [-0.15, -0.1) is 0 Å². The van der Waals surface area contributed by atoms with Gasteiger partial charge in [-0.05, 0) is 50.2 Å². The number of phenolic OH excluding ortho intramolecular Hbond substituents is 1. The standard InChI is InChI=1S/C17H17ClN2O3/c1-11(2)23-15-8-5-13(16(21)9-15)10-19-20-17(22)12-3-6-14(18)7-4-12/h3-11,21H,1-2H3,(H,20,22)/b19-10-. The lowest BCUT2D eigenvalue weighted by molar-refractivity contribution is 0.0955. The van der Waals surface area contributed by atoms with Crippen LogP contribution in [0.3, 0.4) is 0 Å². The summed E-state index contributed by atoms with van der Waals surface area (Å²) in [6.45, 7) is 3.80. The summed E-state index contributed by atoms with van der Waals surface area (Å²) >= 11 is 5.76. The number of hydrazone groups is 1. The zero-order valence-corrected chi connectivity index (χ0v) is 13.5. The van der Waals surface area contributed by atoms with E-state index in [1.54, 1.807) is 36.4 Å². The Morgan fingerprint density at radius 1 is 1.26 bits per heavy atom. The molecule has 2 aromatic rings. The molecule has 120 valence electrons. The monoisotopic (exact) mass is 332 g/mol. The number of benzene rings is 2. The van der Waals surface area contributed by atoms with Crippen LogP contribution in [0.5, 0.6) is 11.5 Å². The predicted octanol–water partition coefficient (Wildman–Crippen LogP) is 3.60. The fraction of sp³-hybridized carbons (Fsp3) is 0.176. The predicted molar refractivity (Wildman–Crippen MR) is 90.4 cm³/mol. The van der Waals surface area contributed by atoms with Gasteiger partial charge in [0, 0.05) is 22.2 Å². The third kappa shape index (κ3) is 5.00. The molecule has 0 bridgehead atoms. The Bertz CT molecular complexity index is 712. The van der Waals surface area contributed by atoms with Gasteiger partial charge in [-0.1, -0.05) is 11.6 Å². The van der Waals surface area contributed by atoms with Crippen molar-refractivity contribution >= 4 is 23.7 Å². The van der Waals surface area contributed by atoms with Crippen LogP contribution in [0.2, 0.25) is 5.02 Å². The highest BCUT2D eigenvalue weighted by Gasteiger charge is 2.05. The number of phenols is 1. The van der Waals surface area contributed by atoms with Crippen molar-refractivity contribution in [3.63, 3.8) is 0 Å². The Balaban J connectivity index is 2.00. The number of hydrogen-bond donors (Lipinski definition) is 2. The Kier molecular flexibility index (Phi) is 5.60. The second-order valence-electron chi connectivity index (χ2n) is 5.09. The average molecular weight is 333 g/mol. The minimum atomic E-state index is -0.364. The maximum absolute atomic E-state index is 11.9. The van der Waals surface area contributed by atoms with Crippen molar-refractivity contribution in [2.75, 3.05) is 0 Å². The van der Waals surface area contributed by atoms with Crippen LogP contribution in [0.25, 0.3) is 0 Å². The van der Waals surface area contributed by atoms with Gasteiger partial charge in [0.15, 0.2) is 0 Å². The number of carbonyl (C=O) groups excluding carboxylic acids is 1. The Morgan fingerprint density at radius 2 is 1.96 bits per heavy atom. The number of aromatic hydroxyl groups is 1. The first-order valence-corrected chi connectivity index (χ1v) is 7.42. The molecule has 5 nitrogen and oxygen atoms in total. The molecule has 0 aliphatic rings. The Labute approximate surface area is 139 Å². The van der Waals surface area contributed by atoms with Gasteiger partial charge in [0.05, 0.1) is 12.3 Å². The van der Waals surface area contributed by atoms with E-state index in [4.69, 9.17) is 16.3 Å². The zero-order chi connectivity index (χ0) is 16.8. The topological polar surface area (TPSA) is 70.9 Å². The third-order valence-corrected chi connectivity index (χ3v) is 3.10. The molecule has 0 aliphatic heterocycles. The molecular formula is C17H17ClN2O3. The van der Waals surface area contributed by atoms with Gasteiger partial charge < -0.3 is 9.84 Å². The minimum Gasteiger partial charge on any atom is -0.507 e. The van der Waals surface area contributed by atoms with Crippen molar-refractivity contribution in [2.24, 2.45) is 5.10 Å². The minimum absolute atomic E-state index is 0.0209. The van der Waals surface area contributed by atoms with E-state index >= 15 is 0 Å². The average Bonchev–Trinajstić information content (AvgIpc) is 2.49. The normalized spacial score (nSPS) is 11.0. The lowest BCUT2D eigenvalue weighted by Crippen LogP contribution is -2.17. The number of carbonyl (C=O) groups is 1. The van der Waals surface area contributed by atoms with Gasteiger partial charge >= 0.3 is 0 Å². The van der Waals surface area contributed by atoms with E-state index in [1.165, 1.54) is 12.3 Å². The van der Waals surface area contributed by atoms with E-state index in [0.29, 0.717) is 21.9 Å². The number of ether oxygens (including phenoxy) is 1. The zero-order valence-electron chi connectivity index (χ0n) is 12.8. The summed E-state index contributed by atoms with van der Waals surface area (Å²) in [5, 5.41) is 14.3. The largest absolute Gasteiger partial charge is 0.507 e. The molecule has 0 aliphatic carbocycles. The summed E-state index contributed by atoms with van der Waals surface area (Å²) in [5.41, 5.74) is 3.30. The van der Waals surface area contributed by atoms with Crippen LogP contribution in [0.1, 0.15) is 29.8 Å². The summed E-state index contributed by atoms with van der Waals surface area (Å²) in [6.07, 6.45) is 1.38. The van der Waals surface area contributed by atoms with Gasteiger partial charge in [0.1, 0.15) is 11.5 Å². The van der Waals surface area contributed by atoms with Crippen molar-refractivity contribution in [3.05, 3.63) is 58.6 Å². The van der Waals surface area contributed by atoms with E-state index in [2.05, 4.69) is 10.5 Å². The summed E-state index contributed by atoms with van der Waals surface area (Å²) < 4.78 is 5.48. The van der Waals surface area contributed by atoms with Crippen molar-refractivity contribution in [3.8, 4) is 11.5 Å². The summed E-state index contributed by atoms with van der Waals surface area (Å²) in [4.78, 5) is 11.9. The molecule has 0 saturated heterocycles. The SMILES string of the molecule is CC(C)Oc1ccc(/C=N\NC(=O)c2ccc(Cl)cc2)c(O)c1. The van der Waals surface area contributed by atoms with E-state index in [0.717, 1.165) is 0 Å². The van der Waals surface area contributed by atoms with E-state index in [9.17, 15) is 9.90 Å². The molecule has 0 aromatic heterocycles. The first-order valence-electron chi connectivity index (χ1n) is 7.04. The smallest absolute Gasteiger partial charge is 0.271 e. The highest BCUT2D eigenvalue weighted by atomic mass is 35.5. The van der Waals surface area contributed by atoms with E-state index < -0.39 is 0 Å². The Hall–Kier alpha value is -2.53. The number of nitrogens with zero attached hydrogens (tertiary/aromatic N) is 1. The van der Waals surface area contributed by atoms with Crippen LogP contribution in [0, 0.1) is 0 Å². The molecule has 6 heteroatoms. The summed E-state index contributed by atoms with van der Waals surface area (Å²) in [7, 11) is 0. The third-order valence-electron chi connectivity index (χ3n) is 2.85. The number of rotatable bonds is 5. The summed E-state index contributed by atoms with van der Waals surface area (Å²) in [5.74, 6) is 0.227. The van der Waals surface area contributed by atoms with Crippen LogP contribution in [-0.4, -0.2) is 23.3 Å². The van der Waals surface area contributed by atoms with Gasteiger partial charge in [0.25, 0.3) is 5.91 Å². The number of nitrogens with one attached hydrogen (secondary N) is 1. The number of halogens is 1. The van der Waals surface area contributed by atoms with Crippen molar-refractivity contribution in [2.45, 2.75) is 20.0 Å². The van der Waals surface area contributed by atoms with Crippen molar-refractivity contribution in [1.82, 2.24) is 5.43 Å². The molecule has 0 atom stereocenters. The fourth-order valence-electron chi connectivity index (χ4n) is 1.80. The highest BCUT2D eigenvalue weighted by molar-refractivity contribution is 6.30. The first-order chi connectivity index (χ1) is 11.0. The summed E-state index contributed by atoms with van der Waals surface area (Å²) in [6, 6.07) is 11.3. The molecule has 0 unspecified atom stereocenters. The molecule has 2 rings (SSSR count). The van der Waals surface area contributed by atoms with Crippen LogP contribution in [0.15, 0.2) is 47.6 Å². The molecule has 0 radical (unpaired) electrons. The second kappa shape index (κ2) is 7.65. The maximum atomic E-state index is 11.9. The molecule has 23 heavy (non-hydrogen) atoms. The molecule has 2 aromatic carbocycles. The van der Waals surface area contributed by atoms with E-state index in [-0.39, 0.29) is 17.8 Å². The quantitative estimate of drug-likeness (QED) is 0.649.